The van der Waals surface area contributed by atoms with Gasteiger partial charge in [0.1, 0.15) is 11.6 Å². The quantitative estimate of drug-likeness (QED) is 0.323. The molecule has 4 atom stereocenters. The molecular formula is C32H38F4N2O5. The number of alkyl halides is 3. The number of amides is 2. The van der Waals surface area contributed by atoms with Crippen LogP contribution in [0.2, 0.25) is 0 Å². The molecule has 1 saturated heterocycles. The molecule has 0 bridgehead atoms. The van der Waals surface area contributed by atoms with Crippen LogP contribution in [-0.2, 0) is 20.8 Å². The van der Waals surface area contributed by atoms with Crippen LogP contribution in [0.3, 0.4) is 0 Å². The van der Waals surface area contributed by atoms with E-state index >= 15 is 0 Å². The van der Waals surface area contributed by atoms with E-state index in [0.29, 0.717) is 37.0 Å². The topological polar surface area (TPSA) is 68.3 Å². The van der Waals surface area contributed by atoms with Crippen LogP contribution in [-0.4, -0.2) is 73.0 Å². The summed E-state index contributed by atoms with van der Waals surface area (Å²) in [6.07, 6.45) is -1.01. The van der Waals surface area contributed by atoms with E-state index in [2.05, 4.69) is 0 Å². The van der Waals surface area contributed by atoms with Gasteiger partial charge in [0.05, 0.1) is 39.0 Å². The molecule has 0 unspecified atom stereocenters. The second-order valence-electron chi connectivity index (χ2n) is 11.7. The molecule has 3 fully saturated rings. The van der Waals surface area contributed by atoms with E-state index in [0.717, 1.165) is 29.7 Å². The molecule has 43 heavy (non-hydrogen) atoms. The van der Waals surface area contributed by atoms with Gasteiger partial charge in [0, 0.05) is 18.5 Å². The van der Waals surface area contributed by atoms with Gasteiger partial charge in [0.15, 0.2) is 0 Å². The SMILES string of the molecule is COC(=O)N1[C@@H]2CCC[C@@H]2[C@H](N(Cc2ccc(OC)cc2)C(=O)C(F)(F)F)[C@@H]1CO[C@H]1CC[C@@H](c2cccc(F)c2)CC1. The van der Waals surface area contributed by atoms with Crippen molar-refractivity contribution in [1.82, 2.24) is 9.80 Å². The number of methoxy groups -OCH3 is 2. The third-order valence-electron chi connectivity index (χ3n) is 9.34. The standard InChI is InChI=1S/C32H38F4N2O5/c1-41-24-13-9-20(10-14-24)18-37(30(39)32(34,35)36)29-26-7-4-8-27(26)38(31(40)42-2)28(29)19-43-25-15-11-21(12-16-25)22-5-3-6-23(33)17-22/h3,5-6,9-10,13-14,17,21,25-29H,4,7-8,11-12,15-16,18-19H2,1-2H3/t21-,25+,26-,27+,28-,29-/m0/s1. The largest absolute Gasteiger partial charge is 0.497 e. The fourth-order valence-corrected chi connectivity index (χ4v) is 7.36. The fourth-order valence-electron chi connectivity index (χ4n) is 7.36. The number of likely N-dealkylation sites (tertiary alicyclic amines) is 1. The summed E-state index contributed by atoms with van der Waals surface area (Å²) in [4.78, 5) is 28.5. The van der Waals surface area contributed by atoms with Crippen molar-refractivity contribution < 1.29 is 41.4 Å². The Kier molecular flexibility index (Phi) is 9.48. The van der Waals surface area contributed by atoms with Crippen LogP contribution in [0, 0.1) is 11.7 Å². The molecule has 2 aromatic carbocycles. The molecule has 5 rings (SSSR count). The zero-order chi connectivity index (χ0) is 30.7. The Labute approximate surface area is 249 Å². The van der Waals surface area contributed by atoms with Crippen molar-refractivity contribution in [2.45, 2.75) is 87.8 Å². The van der Waals surface area contributed by atoms with Crippen LogP contribution in [0.5, 0.6) is 5.75 Å². The predicted octanol–water partition coefficient (Wildman–Crippen LogP) is 6.46. The molecule has 2 saturated carbocycles. The van der Waals surface area contributed by atoms with Crippen molar-refractivity contribution in [1.29, 1.82) is 0 Å². The zero-order valence-corrected chi connectivity index (χ0v) is 24.4. The molecule has 1 aliphatic heterocycles. The average Bonchev–Trinajstić information content (AvgIpc) is 3.59. The lowest BCUT2D eigenvalue weighted by atomic mass is 9.82. The van der Waals surface area contributed by atoms with Gasteiger partial charge in [-0.3, -0.25) is 9.69 Å². The highest BCUT2D eigenvalue weighted by molar-refractivity contribution is 5.82. The molecule has 0 aromatic heterocycles. The van der Waals surface area contributed by atoms with Gasteiger partial charge in [-0.15, -0.1) is 0 Å². The number of ether oxygens (including phenoxy) is 3. The van der Waals surface area contributed by atoms with E-state index in [1.165, 1.54) is 25.2 Å². The minimum Gasteiger partial charge on any atom is -0.497 e. The maximum atomic E-state index is 14.1. The van der Waals surface area contributed by atoms with E-state index in [1.807, 2.05) is 6.07 Å². The highest BCUT2D eigenvalue weighted by Gasteiger charge is 2.58. The summed E-state index contributed by atoms with van der Waals surface area (Å²) in [7, 11) is 2.74. The van der Waals surface area contributed by atoms with Gasteiger partial charge in [-0.2, -0.15) is 13.2 Å². The Morgan fingerprint density at radius 2 is 1.70 bits per heavy atom. The number of halogens is 4. The average molecular weight is 607 g/mol. The second kappa shape index (κ2) is 13.1. The van der Waals surface area contributed by atoms with Crippen molar-refractivity contribution in [3.05, 3.63) is 65.5 Å². The first kappa shape index (κ1) is 31.1. The molecule has 0 radical (unpaired) electrons. The Balaban J connectivity index is 1.38. The number of benzene rings is 2. The number of nitrogens with zero attached hydrogens (tertiary/aromatic N) is 2. The third-order valence-corrected chi connectivity index (χ3v) is 9.34. The molecule has 2 aromatic rings. The minimum absolute atomic E-state index is 0.0215. The molecule has 234 valence electrons. The highest BCUT2D eigenvalue weighted by atomic mass is 19.4. The second-order valence-corrected chi connectivity index (χ2v) is 11.7. The normalized spacial score (nSPS) is 27.1. The zero-order valence-electron chi connectivity index (χ0n) is 24.4. The van der Waals surface area contributed by atoms with E-state index in [1.54, 1.807) is 36.4 Å². The maximum absolute atomic E-state index is 14.1. The summed E-state index contributed by atoms with van der Waals surface area (Å²) in [5.41, 5.74) is 1.46. The van der Waals surface area contributed by atoms with Crippen molar-refractivity contribution >= 4 is 12.0 Å². The summed E-state index contributed by atoms with van der Waals surface area (Å²) < 4.78 is 72.6. The number of carbonyl (C=O) groups excluding carboxylic acids is 2. The Hall–Kier alpha value is -3.34. The van der Waals surface area contributed by atoms with Crippen molar-refractivity contribution in [3.8, 4) is 5.75 Å². The third kappa shape index (κ3) is 6.76. The Bertz CT molecular complexity index is 1270. The molecule has 0 spiro atoms. The summed E-state index contributed by atoms with van der Waals surface area (Å²) in [6.45, 7) is -0.299. The highest BCUT2D eigenvalue weighted by Crippen LogP contribution is 2.46. The van der Waals surface area contributed by atoms with Crippen molar-refractivity contribution in [3.63, 3.8) is 0 Å². The van der Waals surface area contributed by atoms with E-state index < -0.39 is 30.3 Å². The monoisotopic (exact) mass is 606 g/mol. The minimum atomic E-state index is -5.10. The molecular weight excluding hydrogens is 568 g/mol. The predicted molar refractivity (Wildman–Crippen MR) is 150 cm³/mol. The first-order valence-electron chi connectivity index (χ1n) is 14.8. The summed E-state index contributed by atoms with van der Waals surface area (Å²) in [5.74, 6) is -1.81. The first-order chi connectivity index (χ1) is 20.6. The summed E-state index contributed by atoms with van der Waals surface area (Å²) in [6, 6.07) is 11.1. The van der Waals surface area contributed by atoms with Gasteiger partial charge in [0.25, 0.3) is 0 Å². The molecule has 11 heteroatoms. The maximum Gasteiger partial charge on any atom is 0.471 e. The van der Waals surface area contributed by atoms with E-state index in [9.17, 15) is 27.2 Å². The van der Waals surface area contributed by atoms with Gasteiger partial charge in [0.2, 0.25) is 0 Å². The van der Waals surface area contributed by atoms with Gasteiger partial charge in [-0.1, -0.05) is 30.7 Å². The van der Waals surface area contributed by atoms with Crippen LogP contribution in [0.25, 0.3) is 0 Å². The van der Waals surface area contributed by atoms with E-state index in [-0.39, 0.29) is 43.0 Å². The Morgan fingerprint density at radius 3 is 2.33 bits per heavy atom. The fraction of sp³-hybridized carbons (Fsp3) is 0.562. The number of rotatable bonds is 8. The molecule has 7 nitrogen and oxygen atoms in total. The van der Waals surface area contributed by atoms with Crippen molar-refractivity contribution in [2.75, 3.05) is 20.8 Å². The lowest BCUT2D eigenvalue weighted by Crippen LogP contribution is -2.55. The Morgan fingerprint density at radius 1 is 0.977 bits per heavy atom. The van der Waals surface area contributed by atoms with Gasteiger partial charge < -0.3 is 19.1 Å². The number of hydrogen-bond donors (Lipinski definition) is 0. The first-order valence-corrected chi connectivity index (χ1v) is 14.8. The van der Waals surface area contributed by atoms with Gasteiger partial charge in [-0.25, -0.2) is 9.18 Å². The molecule has 3 aliphatic rings. The van der Waals surface area contributed by atoms with Gasteiger partial charge >= 0.3 is 18.2 Å². The molecule has 2 amide bonds. The smallest absolute Gasteiger partial charge is 0.471 e. The number of carbonyl (C=O) groups is 2. The molecule has 2 aliphatic carbocycles. The number of hydrogen-bond acceptors (Lipinski definition) is 5. The van der Waals surface area contributed by atoms with Gasteiger partial charge in [-0.05, 0) is 79.8 Å². The number of fused-ring (bicyclic) bond motifs is 1. The van der Waals surface area contributed by atoms with Crippen LogP contribution in [0.4, 0.5) is 22.4 Å². The summed E-state index contributed by atoms with van der Waals surface area (Å²) >= 11 is 0. The molecule has 0 N–H and O–H groups in total. The summed E-state index contributed by atoms with van der Waals surface area (Å²) in [5, 5.41) is 0. The van der Waals surface area contributed by atoms with Crippen LogP contribution < -0.4 is 4.74 Å². The molecule has 1 heterocycles. The lowest BCUT2D eigenvalue weighted by molar-refractivity contribution is -0.190. The lowest BCUT2D eigenvalue weighted by Gasteiger charge is -2.38. The van der Waals surface area contributed by atoms with Crippen LogP contribution in [0.1, 0.15) is 62.0 Å². The van der Waals surface area contributed by atoms with E-state index in [4.69, 9.17) is 14.2 Å². The van der Waals surface area contributed by atoms with Crippen LogP contribution >= 0.6 is 0 Å². The van der Waals surface area contributed by atoms with Crippen molar-refractivity contribution in [2.24, 2.45) is 5.92 Å². The van der Waals surface area contributed by atoms with Crippen LogP contribution in [0.15, 0.2) is 48.5 Å².